The van der Waals surface area contributed by atoms with Crippen LogP contribution < -0.4 is 5.32 Å². The molecule has 0 fully saturated rings. The molecule has 9 heteroatoms. The van der Waals surface area contributed by atoms with Crippen LogP contribution in [-0.4, -0.2) is 21.7 Å². The molecule has 118 valence electrons. The molecular weight excluding hydrogens is 388 g/mol. The van der Waals surface area contributed by atoms with Crippen LogP contribution in [0.1, 0.15) is 21.7 Å². The summed E-state index contributed by atoms with van der Waals surface area (Å²) in [4.78, 5) is 35.1. The van der Waals surface area contributed by atoms with Crippen LogP contribution in [0.5, 0.6) is 0 Å². The van der Waals surface area contributed by atoms with E-state index in [-0.39, 0.29) is 16.9 Å². The number of anilines is 1. The van der Waals surface area contributed by atoms with Crippen molar-refractivity contribution in [1.29, 1.82) is 0 Å². The molecule has 2 aromatic rings. The standard InChI is InChI=1S/C14H9BrN2O5S/c15-12-4-3-11(23-12)10(18)6-14(20)8-5-7(17(21)22)1-2-9(8)16-13(14)19/h1-5,20H,6H2,(H,16,19)/t14-/m1/s1. The topological polar surface area (TPSA) is 110 Å². The first-order valence-electron chi connectivity index (χ1n) is 6.42. The Bertz CT molecular complexity index is 849. The number of benzene rings is 1. The van der Waals surface area contributed by atoms with Crippen LogP contribution in [-0.2, 0) is 10.4 Å². The van der Waals surface area contributed by atoms with Crippen molar-refractivity contribution in [3.63, 3.8) is 0 Å². The van der Waals surface area contributed by atoms with Gasteiger partial charge in [-0.1, -0.05) is 0 Å². The zero-order chi connectivity index (χ0) is 16.8. The lowest BCUT2D eigenvalue weighted by Crippen LogP contribution is -2.36. The highest BCUT2D eigenvalue weighted by Crippen LogP contribution is 2.41. The number of ketones is 1. The smallest absolute Gasteiger partial charge is 0.269 e. The molecule has 0 unspecified atom stereocenters. The zero-order valence-electron chi connectivity index (χ0n) is 11.4. The molecule has 1 aliphatic heterocycles. The lowest BCUT2D eigenvalue weighted by atomic mass is 9.89. The molecule has 1 aromatic heterocycles. The first kappa shape index (κ1) is 15.8. The van der Waals surface area contributed by atoms with Crippen LogP contribution in [0.3, 0.4) is 0 Å². The summed E-state index contributed by atoms with van der Waals surface area (Å²) in [6.07, 6.45) is -0.486. The summed E-state index contributed by atoms with van der Waals surface area (Å²) in [5.74, 6) is -1.19. The maximum Gasteiger partial charge on any atom is 0.269 e. The molecule has 3 rings (SSSR count). The number of fused-ring (bicyclic) bond motifs is 1. The molecule has 1 atom stereocenters. The number of nitrogens with one attached hydrogen (secondary N) is 1. The first-order valence-corrected chi connectivity index (χ1v) is 8.03. The van der Waals surface area contributed by atoms with Crippen LogP contribution >= 0.6 is 27.3 Å². The SMILES string of the molecule is O=C(C[C@]1(O)C(=O)Nc2ccc([N+](=O)[O-])cc21)c1ccc(Br)s1. The van der Waals surface area contributed by atoms with E-state index in [1.807, 2.05) is 0 Å². The van der Waals surface area contributed by atoms with Gasteiger partial charge >= 0.3 is 0 Å². The van der Waals surface area contributed by atoms with E-state index in [1.165, 1.54) is 23.5 Å². The molecule has 2 heterocycles. The molecule has 23 heavy (non-hydrogen) atoms. The van der Waals surface area contributed by atoms with Crippen molar-refractivity contribution in [3.05, 3.63) is 54.7 Å². The maximum absolute atomic E-state index is 12.3. The Labute approximate surface area is 142 Å². The average Bonchev–Trinajstić information content (AvgIpc) is 3.02. The Hall–Kier alpha value is -2.10. The third-order valence-corrected chi connectivity index (χ3v) is 5.21. The normalized spacial score (nSPS) is 19.3. The van der Waals surface area contributed by atoms with E-state index < -0.39 is 28.6 Å². The fourth-order valence-electron chi connectivity index (χ4n) is 2.40. The lowest BCUT2D eigenvalue weighted by Gasteiger charge is -2.19. The average molecular weight is 397 g/mol. The van der Waals surface area contributed by atoms with E-state index >= 15 is 0 Å². The molecule has 0 bridgehead atoms. The van der Waals surface area contributed by atoms with Crippen LogP contribution in [0.2, 0.25) is 0 Å². The Kier molecular flexibility index (Phi) is 3.78. The Morgan fingerprint density at radius 1 is 1.39 bits per heavy atom. The van der Waals surface area contributed by atoms with Crippen molar-refractivity contribution >= 4 is 50.3 Å². The number of carbonyl (C=O) groups is 2. The van der Waals surface area contributed by atoms with Gasteiger partial charge in [-0.25, -0.2) is 0 Å². The second-order valence-corrected chi connectivity index (χ2v) is 7.47. The molecule has 1 amide bonds. The minimum Gasteiger partial charge on any atom is -0.375 e. The molecule has 0 aliphatic carbocycles. The predicted octanol–water partition coefficient (Wildman–Crippen LogP) is 2.83. The number of nitro groups is 1. The molecule has 0 spiro atoms. The van der Waals surface area contributed by atoms with Crippen molar-refractivity contribution in [2.45, 2.75) is 12.0 Å². The van der Waals surface area contributed by atoms with Crippen LogP contribution in [0, 0.1) is 10.1 Å². The van der Waals surface area contributed by atoms with Gasteiger partial charge in [-0.05, 0) is 34.1 Å². The molecule has 7 nitrogen and oxygen atoms in total. The number of hydrogen-bond donors (Lipinski definition) is 2. The van der Waals surface area contributed by atoms with Gasteiger partial charge in [-0.2, -0.15) is 0 Å². The molecule has 0 radical (unpaired) electrons. The quantitative estimate of drug-likeness (QED) is 0.469. The Balaban J connectivity index is 1.98. The van der Waals surface area contributed by atoms with Gasteiger partial charge in [-0.15, -0.1) is 11.3 Å². The summed E-state index contributed by atoms with van der Waals surface area (Å²) in [6.45, 7) is 0. The molecule has 1 aliphatic rings. The van der Waals surface area contributed by atoms with Gasteiger partial charge in [0, 0.05) is 23.4 Å². The molecule has 1 aromatic carbocycles. The third kappa shape index (κ3) is 2.67. The van der Waals surface area contributed by atoms with Crippen molar-refractivity contribution in [3.8, 4) is 0 Å². The molecule has 0 saturated carbocycles. The summed E-state index contributed by atoms with van der Waals surface area (Å²) in [5.41, 5.74) is -2.07. The number of thiophene rings is 1. The number of nitrogens with zero attached hydrogens (tertiary/aromatic N) is 1. The van der Waals surface area contributed by atoms with E-state index in [9.17, 15) is 24.8 Å². The number of non-ortho nitro benzene ring substituents is 1. The number of Topliss-reactive ketones (excluding diaryl/α,β-unsaturated/α-hetero) is 1. The van der Waals surface area contributed by atoms with E-state index in [0.29, 0.717) is 4.88 Å². The summed E-state index contributed by atoms with van der Waals surface area (Å²) >= 11 is 4.42. The third-order valence-electron chi connectivity index (χ3n) is 3.55. The van der Waals surface area contributed by atoms with E-state index in [4.69, 9.17) is 0 Å². The fraction of sp³-hybridized carbons (Fsp3) is 0.143. The molecular formula is C14H9BrN2O5S. The highest BCUT2D eigenvalue weighted by atomic mass is 79.9. The number of nitro benzene ring substituents is 1. The molecule has 0 saturated heterocycles. The summed E-state index contributed by atoms with van der Waals surface area (Å²) in [7, 11) is 0. The van der Waals surface area contributed by atoms with Crippen LogP contribution in [0.25, 0.3) is 0 Å². The van der Waals surface area contributed by atoms with Gasteiger partial charge in [0.25, 0.3) is 11.6 Å². The van der Waals surface area contributed by atoms with Crippen molar-refractivity contribution < 1.29 is 19.6 Å². The Morgan fingerprint density at radius 3 is 2.74 bits per heavy atom. The van der Waals surface area contributed by atoms with Crippen LogP contribution in [0.15, 0.2) is 34.1 Å². The van der Waals surface area contributed by atoms with E-state index in [2.05, 4.69) is 21.2 Å². The minimum atomic E-state index is -2.12. The van der Waals surface area contributed by atoms with Gasteiger partial charge < -0.3 is 10.4 Å². The largest absolute Gasteiger partial charge is 0.375 e. The van der Waals surface area contributed by atoms with Crippen molar-refractivity contribution in [2.75, 3.05) is 5.32 Å². The maximum atomic E-state index is 12.3. The van der Waals surface area contributed by atoms with Crippen LogP contribution in [0.4, 0.5) is 11.4 Å². The second kappa shape index (κ2) is 5.52. The number of halogens is 1. The van der Waals surface area contributed by atoms with Crippen molar-refractivity contribution in [2.24, 2.45) is 0 Å². The number of carbonyl (C=O) groups excluding carboxylic acids is 2. The first-order chi connectivity index (χ1) is 10.8. The van der Waals surface area contributed by atoms with Gasteiger partial charge in [0.15, 0.2) is 11.4 Å². The second-order valence-electron chi connectivity index (χ2n) is 5.01. The van der Waals surface area contributed by atoms with Gasteiger partial charge in [0.1, 0.15) is 0 Å². The van der Waals surface area contributed by atoms with Gasteiger partial charge in [-0.3, -0.25) is 19.7 Å². The number of hydrogen-bond acceptors (Lipinski definition) is 6. The van der Waals surface area contributed by atoms with Gasteiger partial charge in [0.05, 0.1) is 20.0 Å². The number of aliphatic hydroxyl groups is 1. The highest BCUT2D eigenvalue weighted by molar-refractivity contribution is 9.11. The minimum absolute atomic E-state index is 0.0423. The van der Waals surface area contributed by atoms with E-state index in [0.717, 1.165) is 9.85 Å². The lowest BCUT2D eigenvalue weighted by molar-refractivity contribution is -0.385. The summed E-state index contributed by atoms with van der Waals surface area (Å²) < 4.78 is 0.750. The highest BCUT2D eigenvalue weighted by Gasteiger charge is 2.47. The van der Waals surface area contributed by atoms with Crippen molar-refractivity contribution in [1.82, 2.24) is 0 Å². The Morgan fingerprint density at radius 2 is 2.13 bits per heavy atom. The molecule has 2 N–H and O–H groups in total. The van der Waals surface area contributed by atoms with E-state index in [1.54, 1.807) is 12.1 Å². The number of amides is 1. The zero-order valence-corrected chi connectivity index (χ0v) is 13.8. The van der Waals surface area contributed by atoms with Gasteiger partial charge in [0.2, 0.25) is 0 Å². The summed E-state index contributed by atoms with van der Waals surface area (Å²) in [5, 5.41) is 24.0. The number of rotatable bonds is 4. The predicted molar refractivity (Wildman–Crippen MR) is 86.6 cm³/mol. The summed E-state index contributed by atoms with van der Waals surface area (Å²) in [6, 6.07) is 6.96. The monoisotopic (exact) mass is 396 g/mol. The fourth-order valence-corrected chi connectivity index (χ4v) is 3.73.